The van der Waals surface area contributed by atoms with Gasteiger partial charge in [0.05, 0.1) is 0 Å². The summed E-state index contributed by atoms with van der Waals surface area (Å²) in [6, 6.07) is 0. The largest absolute Gasteiger partial charge is 0.0651 e. The zero-order valence-corrected chi connectivity index (χ0v) is 5.28. The summed E-state index contributed by atoms with van der Waals surface area (Å²) in [6.07, 6.45) is 4.50. The van der Waals surface area contributed by atoms with E-state index < -0.39 is 0 Å². The minimum Gasteiger partial charge on any atom is -0.0651 e. The van der Waals surface area contributed by atoms with Crippen LogP contribution in [0.3, 0.4) is 0 Å². The fourth-order valence-electron chi connectivity index (χ4n) is 0.520. The van der Waals surface area contributed by atoms with Gasteiger partial charge in [-0.3, -0.25) is 0 Å². The van der Waals surface area contributed by atoms with Gasteiger partial charge in [0.2, 0.25) is 0 Å². The average molecular weight is 98.2 g/mol. The second kappa shape index (κ2) is 4.17. The van der Waals surface area contributed by atoms with E-state index in [1.54, 1.807) is 0 Å². The zero-order valence-electron chi connectivity index (χ0n) is 5.28. The van der Waals surface area contributed by atoms with Crippen LogP contribution in [0.5, 0.6) is 0 Å². The molecule has 0 aliphatic rings. The monoisotopic (exact) mass is 98.1 g/mol. The Kier molecular flexibility index (Phi) is 4.17. The molecule has 0 heteroatoms. The van der Waals surface area contributed by atoms with E-state index >= 15 is 0 Å². The summed E-state index contributed by atoms with van der Waals surface area (Å²) in [6.45, 7) is 8.12. The van der Waals surface area contributed by atoms with E-state index in [1.165, 1.54) is 6.42 Å². The Bertz CT molecular complexity index is 31.0. The zero-order chi connectivity index (χ0) is 5.70. The average Bonchev–Trinajstić information content (AvgIpc) is 1.68. The minimum atomic E-state index is 0.713. The minimum absolute atomic E-state index is 0.713. The van der Waals surface area contributed by atoms with Gasteiger partial charge in [-0.1, -0.05) is 33.6 Å². The van der Waals surface area contributed by atoms with Crippen molar-refractivity contribution in [2.24, 2.45) is 5.92 Å². The van der Waals surface area contributed by atoms with Crippen molar-refractivity contribution in [3.8, 4) is 0 Å². The Morgan fingerprint density at radius 3 is 2.43 bits per heavy atom. The predicted octanol–water partition coefficient (Wildman–Crippen LogP) is 2.46. The maximum absolute atomic E-state index is 3.77. The summed E-state index contributed by atoms with van der Waals surface area (Å²) >= 11 is 0. The molecule has 0 saturated carbocycles. The number of hydrogen-bond acceptors (Lipinski definition) is 0. The molecule has 0 fully saturated rings. The first-order valence-electron chi connectivity index (χ1n) is 2.93. The fourth-order valence-corrected chi connectivity index (χ4v) is 0.520. The van der Waals surface area contributed by atoms with Gasteiger partial charge in [-0.05, 0) is 12.3 Å². The van der Waals surface area contributed by atoms with Crippen molar-refractivity contribution in [1.82, 2.24) is 0 Å². The first kappa shape index (κ1) is 7.00. The second-order valence-electron chi connectivity index (χ2n) is 1.91. The van der Waals surface area contributed by atoms with Crippen molar-refractivity contribution in [3.05, 3.63) is 13.3 Å². The second-order valence-corrected chi connectivity index (χ2v) is 1.91. The Morgan fingerprint density at radius 1 is 1.71 bits per heavy atom. The van der Waals surface area contributed by atoms with Crippen LogP contribution < -0.4 is 0 Å². The number of hydrogen-bond donors (Lipinski definition) is 0. The molecule has 0 aliphatic carbocycles. The van der Waals surface area contributed by atoms with Crippen LogP contribution in [-0.4, -0.2) is 0 Å². The molecule has 7 heavy (non-hydrogen) atoms. The molecule has 0 N–H and O–H groups in total. The van der Waals surface area contributed by atoms with Crippen molar-refractivity contribution in [1.29, 1.82) is 0 Å². The Morgan fingerprint density at radius 2 is 2.29 bits per heavy atom. The van der Waals surface area contributed by atoms with Gasteiger partial charge in [0.25, 0.3) is 0 Å². The van der Waals surface area contributed by atoms with Crippen LogP contribution in [0.15, 0.2) is 0 Å². The smallest absolute Gasteiger partial charge is 0.0360 e. The third-order valence-corrected chi connectivity index (χ3v) is 1.09. The molecule has 42 valence electrons. The van der Waals surface area contributed by atoms with Crippen LogP contribution in [0.2, 0.25) is 0 Å². The maximum atomic E-state index is 3.77. The van der Waals surface area contributed by atoms with Crippen LogP contribution in [0.4, 0.5) is 0 Å². The van der Waals surface area contributed by atoms with Crippen molar-refractivity contribution < 1.29 is 0 Å². The molecule has 2 radical (unpaired) electrons. The molecule has 0 heterocycles. The van der Waals surface area contributed by atoms with E-state index in [1.807, 2.05) is 0 Å². The predicted molar refractivity (Wildman–Crippen MR) is 33.7 cm³/mol. The van der Waals surface area contributed by atoms with Crippen molar-refractivity contribution in [2.75, 3.05) is 0 Å². The lowest BCUT2D eigenvalue weighted by Gasteiger charge is -2.01. The maximum Gasteiger partial charge on any atom is -0.0360 e. The van der Waals surface area contributed by atoms with Crippen molar-refractivity contribution in [2.45, 2.75) is 26.7 Å². The summed E-state index contributed by atoms with van der Waals surface area (Å²) in [7, 11) is 0. The topological polar surface area (TPSA) is 0 Å². The van der Waals surface area contributed by atoms with Gasteiger partial charge in [0, 0.05) is 0 Å². The molecular weight excluding hydrogens is 84.1 g/mol. The van der Waals surface area contributed by atoms with E-state index in [-0.39, 0.29) is 0 Å². The molecule has 1 atom stereocenters. The molecule has 0 saturated heterocycles. The van der Waals surface area contributed by atoms with E-state index in [4.69, 9.17) is 0 Å². The van der Waals surface area contributed by atoms with Gasteiger partial charge in [0.1, 0.15) is 0 Å². The van der Waals surface area contributed by atoms with Gasteiger partial charge >= 0.3 is 0 Å². The van der Waals surface area contributed by atoms with E-state index in [2.05, 4.69) is 27.2 Å². The normalized spacial score (nSPS) is 14.1. The summed E-state index contributed by atoms with van der Waals surface area (Å²) in [4.78, 5) is 0. The molecule has 0 aromatic heterocycles. The Labute approximate surface area is 46.9 Å². The van der Waals surface area contributed by atoms with E-state index in [0.29, 0.717) is 5.92 Å². The van der Waals surface area contributed by atoms with Gasteiger partial charge in [-0.25, -0.2) is 0 Å². The van der Waals surface area contributed by atoms with Gasteiger partial charge in [-0.2, -0.15) is 0 Å². The SMILES string of the molecule is [CH2]CC(C)[CH]CC. The van der Waals surface area contributed by atoms with Crippen LogP contribution >= 0.6 is 0 Å². The first-order valence-corrected chi connectivity index (χ1v) is 2.93. The Balaban J connectivity index is 2.83. The molecular formula is C7H14. The van der Waals surface area contributed by atoms with Crippen molar-refractivity contribution in [3.63, 3.8) is 0 Å². The quantitative estimate of drug-likeness (QED) is 0.508. The highest BCUT2D eigenvalue weighted by Gasteiger charge is 1.93. The van der Waals surface area contributed by atoms with Gasteiger partial charge < -0.3 is 0 Å². The standard InChI is InChI=1S/C7H14/c1-4-6-7(3)5-2/h6-7H,2,4-5H2,1,3H3. The van der Waals surface area contributed by atoms with Crippen LogP contribution in [0, 0.1) is 19.3 Å². The van der Waals surface area contributed by atoms with Crippen LogP contribution in [-0.2, 0) is 0 Å². The molecule has 0 aromatic rings. The van der Waals surface area contributed by atoms with Gasteiger partial charge in [0.15, 0.2) is 0 Å². The van der Waals surface area contributed by atoms with E-state index in [0.717, 1.165) is 6.42 Å². The lowest BCUT2D eigenvalue weighted by molar-refractivity contribution is 0.658. The fraction of sp³-hybridized carbons (Fsp3) is 0.714. The highest BCUT2D eigenvalue weighted by molar-refractivity contribution is 4.70. The molecule has 0 bridgehead atoms. The molecule has 0 spiro atoms. The van der Waals surface area contributed by atoms with E-state index in [9.17, 15) is 0 Å². The first-order chi connectivity index (χ1) is 3.31. The summed E-state index contributed by atoms with van der Waals surface area (Å²) in [5.41, 5.74) is 0. The molecule has 0 nitrogen and oxygen atoms in total. The third-order valence-electron chi connectivity index (χ3n) is 1.09. The number of rotatable bonds is 3. The van der Waals surface area contributed by atoms with Gasteiger partial charge in [-0.15, -0.1) is 0 Å². The van der Waals surface area contributed by atoms with Crippen LogP contribution in [0.1, 0.15) is 26.7 Å². The summed E-state index contributed by atoms with van der Waals surface area (Å²) in [5, 5.41) is 0. The highest BCUT2D eigenvalue weighted by Crippen LogP contribution is 2.05. The molecule has 0 rings (SSSR count). The molecule has 0 amide bonds. The highest BCUT2D eigenvalue weighted by atomic mass is 14.0. The molecule has 1 unspecified atom stereocenters. The lowest BCUT2D eigenvalue weighted by atomic mass is 10.0. The summed E-state index contributed by atoms with van der Waals surface area (Å²) in [5.74, 6) is 0.713. The third kappa shape index (κ3) is 3.84. The van der Waals surface area contributed by atoms with Crippen LogP contribution in [0.25, 0.3) is 0 Å². The lowest BCUT2D eigenvalue weighted by Crippen LogP contribution is -1.89. The molecule has 0 aromatic carbocycles. The molecule has 0 aliphatic heterocycles. The Hall–Kier alpha value is 0. The summed E-state index contributed by atoms with van der Waals surface area (Å²) < 4.78 is 0. The van der Waals surface area contributed by atoms with Crippen molar-refractivity contribution >= 4 is 0 Å².